The first-order chi connectivity index (χ1) is 20.9. The van der Waals surface area contributed by atoms with Gasteiger partial charge in [-0.3, -0.25) is 9.59 Å². The number of nitrogens with zero attached hydrogens (tertiary/aromatic N) is 1. The monoisotopic (exact) mass is 712 g/mol. The predicted octanol–water partition coefficient (Wildman–Crippen LogP) is 9.23. The third kappa shape index (κ3) is 10.1. The van der Waals surface area contributed by atoms with E-state index in [1.807, 2.05) is 6.92 Å². The Bertz CT molecular complexity index is 1120. The van der Waals surface area contributed by atoms with E-state index in [9.17, 15) is 71.8 Å². The Morgan fingerprint density at radius 1 is 0.717 bits per heavy atom. The fraction of sp³-hybridized carbons (Fsp3) is 0.714. The van der Waals surface area contributed by atoms with Crippen molar-refractivity contribution in [3.05, 3.63) is 35.9 Å². The van der Waals surface area contributed by atoms with Crippen LogP contribution in [-0.2, 0) is 16.1 Å². The van der Waals surface area contributed by atoms with Crippen molar-refractivity contribution in [3.63, 3.8) is 0 Å². The van der Waals surface area contributed by atoms with Gasteiger partial charge < -0.3 is 9.59 Å². The first kappa shape index (κ1) is 41.8. The average Bonchev–Trinajstić information content (AvgIpc) is 2.93. The van der Waals surface area contributed by atoms with Crippen LogP contribution in [-0.4, -0.2) is 81.9 Å². The molecule has 18 heteroatoms. The molecule has 0 spiro atoms. The van der Waals surface area contributed by atoms with Crippen molar-refractivity contribution in [3.8, 4) is 0 Å². The van der Waals surface area contributed by atoms with Gasteiger partial charge in [-0.05, 0) is 12.8 Å². The van der Waals surface area contributed by atoms with E-state index in [1.54, 1.807) is 30.3 Å². The number of thioether (sulfide) groups is 1. The fourth-order valence-corrected chi connectivity index (χ4v) is 5.54. The van der Waals surface area contributed by atoms with Gasteiger partial charge >= 0.3 is 41.8 Å². The van der Waals surface area contributed by atoms with Gasteiger partial charge in [0.05, 0.1) is 19.5 Å². The molecule has 0 bridgehead atoms. The van der Waals surface area contributed by atoms with Gasteiger partial charge in [-0.1, -0.05) is 74.7 Å². The van der Waals surface area contributed by atoms with Gasteiger partial charge in [0, 0.05) is 17.7 Å². The van der Waals surface area contributed by atoms with E-state index in [4.69, 9.17) is 0 Å². The molecule has 1 atom stereocenters. The lowest BCUT2D eigenvalue weighted by atomic mass is 9.93. The molecule has 4 nitrogen and oxygen atoms in total. The second-order valence-corrected chi connectivity index (χ2v) is 12.1. The van der Waals surface area contributed by atoms with Crippen LogP contribution in [0.4, 0.5) is 57.1 Å². The maximum absolute atomic E-state index is 14.2. The summed E-state index contributed by atoms with van der Waals surface area (Å²) in [5, 5.41) is 8.30. The molecule has 1 unspecified atom stereocenters. The van der Waals surface area contributed by atoms with Gasteiger partial charge in [0.2, 0.25) is 5.12 Å². The highest BCUT2D eigenvalue weighted by molar-refractivity contribution is 8.13. The fourth-order valence-electron chi connectivity index (χ4n) is 4.59. The number of aliphatic carboxylic acids is 1. The topological polar surface area (TPSA) is 54.4 Å². The molecule has 0 aromatic heterocycles. The van der Waals surface area contributed by atoms with E-state index in [2.05, 4.69) is 0 Å². The number of unbranched alkanes of at least 4 members (excludes halogenated alkanes) is 5. The number of hydrogen-bond donors (Lipinski definition) is 1. The number of hydrogen-bond acceptors (Lipinski definition) is 3. The summed E-state index contributed by atoms with van der Waals surface area (Å²) in [6.45, 7) is 1.63. The molecule has 1 rings (SSSR count). The third-order valence-electron chi connectivity index (χ3n) is 7.29. The summed E-state index contributed by atoms with van der Waals surface area (Å²) in [6, 6.07) is 8.36. The Kier molecular flexibility index (Phi) is 14.8. The largest absolute Gasteiger partial charge is 0.481 e. The van der Waals surface area contributed by atoms with Gasteiger partial charge in [-0.25, -0.2) is 0 Å². The zero-order valence-electron chi connectivity index (χ0n) is 24.6. The van der Waals surface area contributed by atoms with Gasteiger partial charge in [0.15, 0.2) is 0 Å². The average molecular weight is 713 g/mol. The van der Waals surface area contributed by atoms with Crippen LogP contribution in [0.5, 0.6) is 0 Å². The summed E-state index contributed by atoms with van der Waals surface area (Å²) in [5.41, 5.74) is 0.654. The molecular weight excluding hydrogens is 677 g/mol. The van der Waals surface area contributed by atoms with E-state index in [0.717, 1.165) is 25.7 Å². The minimum absolute atomic E-state index is 0.0817. The van der Waals surface area contributed by atoms with Gasteiger partial charge in [-0.15, -0.1) is 0 Å². The first-order valence-electron chi connectivity index (χ1n) is 14.1. The van der Waals surface area contributed by atoms with Crippen molar-refractivity contribution in [2.45, 2.75) is 101 Å². The molecule has 0 fully saturated rings. The molecule has 0 aliphatic rings. The van der Waals surface area contributed by atoms with E-state index in [0.29, 0.717) is 18.4 Å². The minimum Gasteiger partial charge on any atom is -0.481 e. The molecule has 0 radical (unpaired) electrons. The molecule has 46 heavy (non-hydrogen) atoms. The van der Waals surface area contributed by atoms with Crippen LogP contribution in [0.1, 0.15) is 63.9 Å². The van der Waals surface area contributed by atoms with Crippen LogP contribution >= 0.6 is 11.8 Å². The SMILES string of the molecule is CCCCCCCC[N+](CCC(=O)O)(CC(=O)SCCC(F)(F)C(F)(F)C(F)(F)C(F)(F)C(F)(F)C(F)(F)F)Cc1ccccc1. The number of carboxylic acids is 1. The lowest BCUT2D eigenvalue weighted by Crippen LogP contribution is -2.70. The van der Waals surface area contributed by atoms with Crippen LogP contribution in [0.3, 0.4) is 0 Å². The molecule has 0 amide bonds. The molecule has 1 aromatic rings. The van der Waals surface area contributed by atoms with Crippen molar-refractivity contribution in [1.82, 2.24) is 0 Å². The zero-order chi connectivity index (χ0) is 35.7. The number of halogens is 13. The van der Waals surface area contributed by atoms with Crippen molar-refractivity contribution in [1.29, 1.82) is 0 Å². The molecule has 266 valence electrons. The van der Waals surface area contributed by atoms with Gasteiger partial charge in [0.25, 0.3) is 0 Å². The van der Waals surface area contributed by atoms with Crippen LogP contribution in [0.25, 0.3) is 0 Å². The van der Waals surface area contributed by atoms with E-state index in [-0.39, 0.29) is 35.9 Å². The summed E-state index contributed by atoms with van der Waals surface area (Å²) in [6.07, 6.45) is -5.55. The Hall–Kier alpha value is -2.24. The van der Waals surface area contributed by atoms with Crippen LogP contribution < -0.4 is 0 Å². The predicted molar refractivity (Wildman–Crippen MR) is 144 cm³/mol. The number of alkyl halides is 13. The van der Waals surface area contributed by atoms with Gasteiger partial charge in [0.1, 0.15) is 13.1 Å². The number of carbonyl (C=O) groups is 2. The van der Waals surface area contributed by atoms with Crippen LogP contribution in [0.2, 0.25) is 0 Å². The zero-order valence-corrected chi connectivity index (χ0v) is 25.4. The van der Waals surface area contributed by atoms with E-state index in [1.165, 1.54) is 0 Å². The summed E-state index contributed by atoms with van der Waals surface area (Å²) in [5.74, 6) is -40.0. The molecule has 1 aromatic carbocycles. The summed E-state index contributed by atoms with van der Waals surface area (Å²) in [4.78, 5) is 24.3. The lowest BCUT2D eigenvalue weighted by Gasteiger charge is -2.39. The number of quaternary nitrogens is 1. The lowest BCUT2D eigenvalue weighted by molar-refractivity contribution is -0.933. The second kappa shape index (κ2) is 16.2. The standard InChI is InChI=1S/C28H34F13NO3S/c1-2-3-4-5-6-10-15-42(16-13-21(43)44,18-20-11-8-7-9-12-20)19-22(45)46-17-14-23(29,30)24(31,32)25(33,34)26(35,36)27(37,38)28(39,40)41/h7-9,11-12H,2-6,10,13-19H2,1H3/p+1. The Labute approximate surface area is 261 Å². The molecule has 0 aliphatic heterocycles. The molecule has 0 saturated heterocycles. The quantitative estimate of drug-likeness (QED) is 0.0785. The second-order valence-electron chi connectivity index (χ2n) is 11.0. The molecular formula is C28H35F13NO3S+. The molecule has 0 saturated carbocycles. The smallest absolute Gasteiger partial charge is 0.460 e. The summed E-state index contributed by atoms with van der Waals surface area (Å²) in [7, 11) is 0. The highest BCUT2D eigenvalue weighted by Crippen LogP contribution is 2.60. The third-order valence-corrected chi connectivity index (χ3v) is 8.15. The maximum Gasteiger partial charge on any atom is 0.460 e. The van der Waals surface area contributed by atoms with Crippen molar-refractivity contribution in [2.24, 2.45) is 0 Å². The molecule has 0 heterocycles. The Morgan fingerprint density at radius 3 is 1.76 bits per heavy atom. The van der Waals surface area contributed by atoms with Gasteiger partial charge in [-0.2, -0.15) is 57.1 Å². The highest BCUT2D eigenvalue weighted by atomic mass is 32.2. The van der Waals surface area contributed by atoms with Crippen LogP contribution in [0.15, 0.2) is 30.3 Å². The van der Waals surface area contributed by atoms with Crippen molar-refractivity contribution >= 4 is 22.8 Å². The Balaban J connectivity index is 3.16. The normalized spacial score (nSPS) is 15.1. The first-order valence-corrected chi connectivity index (χ1v) is 15.1. The Morgan fingerprint density at radius 2 is 1.24 bits per heavy atom. The highest BCUT2D eigenvalue weighted by Gasteiger charge is 2.90. The number of carboxylic acid groups (broad SMARTS) is 1. The van der Waals surface area contributed by atoms with Crippen LogP contribution in [0, 0.1) is 0 Å². The number of benzene rings is 1. The maximum atomic E-state index is 14.2. The van der Waals surface area contributed by atoms with Crippen molar-refractivity contribution in [2.75, 3.05) is 25.4 Å². The summed E-state index contributed by atoms with van der Waals surface area (Å²) >= 11 is -0.107. The summed E-state index contributed by atoms with van der Waals surface area (Å²) < 4.78 is 174. The van der Waals surface area contributed by atoms with E-state index >= 15 is 0 Å². The van der Waals surface area contributed by atoms with E-state index < -0.39 is 72.0 Å². The molecule has 0 aliphatic carbocycles. The minimum atomic E-state index is -7.98. The number of carbonyl (C=O) groups excluding carboxylic acids is 1. The molecule has 1 N–H and O–H groups in total. The van der Waals surface area contributed by atoms with Crippen molar-refractivity contribution < 1.29 is 76.3 Å². The number of rotatable bonds is 21.